The minimum Gasteiger partial charge on any atom is -0.444 e. The number of epoxide rings is 1. The maximum atomic E-state index is 12.2. The van der Waals surface area contributed by atoms with E-state index in [2.05, 4.69) is 18.2 Å². The summed E-state index contributed by atoms with van der Waals surface area (Å²) < 4.78 is 10.8. The molecule has 4 heteroatoms. The standard InChI is InChI=1S/C16H21NO3/c1-16(2,3)20-15(18)17-8-12-6-4-5-11(14(12)9-17)7-13-10-19-13/h4-6,13H,7-10H2,1-3H3. The van der Waals surface area contributed by atoms with Crippen molar-refractivity contribution < 1.29 is 14.3 Å². The third-order valence-electron chi connectivity index (χ3n) is 3.58. The number of nitrogens with zero attached hydrogens (tertiary/aromatic N) is 1. The van der Waals surface area contributed by atoms with Gasteiger partial charge in [-0.05, 0) is 37.5 Å². The van der Waals surface area contributed by atoms with Gasteiger partial charge in [0.2, 0.25) is 0 Å². The lowest BCUT2D eigenvalue weighted by atomic mass is 10.00. The van der Waals surface area contributed by atoms with Gasteiger partial charge >= 0.3 is 6.09 Å². The van der Waals surface area contributed by atoms with Gasteiger partial charge in [-0.25, -0.2) is 4.79 Å². The molecule has 20 heavy (non-hydrogen) atoms. The molecule has 4 nitrogen and oxygen atoms in total. The molecular formula is C16H21NO3. The predicted octanol–water partition coefficient (Wildman–Crippen LogP) is 2.88. The van der Waals surface area contributed by atoms with Crippen LogP contribution in [0.3, 0.4) is 0 Å². The van der Waals surface area contributed by atoms with Gasteiger partial charge in [-0.3, -0.25) is 4.90 Å². The number of ether oxygens (including phenoxy) is 2. The topological polar surface area (TPSA) is 42.1 Å². The van der Waals surface area contributed by atoms with Crippen LogP contribution >= 0.6 is 0 Å². The number of carbonyl (C=O) groups excluding carboxylic acids is 1. The zero-order valence-corrected chi connectivity index (χ0v) is 12.3. The smallest absolute Gasteiger partial charge is 0.410 e. The Bertz CT molecular complexity index is 529. The zero-order valence-electron chi connectivity index (χ0n) is 12.3. The molecule has 0 radical (unpaired) electrons. The third-order valence-corrected chi connectivity index (χ3v) is 3.58. The molecule has 1 aromatic rings. The highest BCUT2D eigenvalue weighted by Crippen LogP contribution is 2.29. The van der Waals surface area contributed by atoms with Gasteiger partial charge in [-0.15, -0.1) is 0 Å². The van der Waals surface area contributed by atoms with Gasteiger partial charge in [0.1, 0.15) is 5.60 Å². The summed E-state index contributed by atoms with van der Waals surface area (Å²) >= 11 is 0. The molecule has 2 aliphatic heterocycles. The highest BCUT2D eigenvalue weighted by molar-refractivity contribution is 5.69. The van der Waals surface area contributed by atoms with Crippen LogP contribution in [0.15, 0.2) is 18.2 Å². The normalized spacial score (nSPS) is 20.8. The first-order chi connectivity index (χ1) is 9.42. The van der Waals surface area contributed by atoms with Gasteiger partial charge < -0.3 is 9.47 Å². The van der Waals surface area contributed by atoms with E-state index in [1.54, 1.807) is 4.90 Å². The number of rotatable bonds is 2. The highest BCUT2D eigenvalue weighted by atomic mass is 16.6. The molecule has 0 saturated carbocycles. The van der Waals surface area contributed by atoms with Gasteiger partial charge in [0, 0.05) is 19.5 Å². The van der Waals surface area contributed by atoms with Crippen LogP contribution in [-0.2, 0) is 29.0 Å². The van der Waals surface area contributed by atoms with E-state index < -0.39 is 5.60 Å². The van der Waals surface area contributed by atoms with E-state index in [-0.39, 0.29) is 6.09 Å². The van der Waals surface area contributed by atoms with Gasteiger partial charge in [-0.1, -0.05) is 18.2 Å². The molecule has 1 amide bonds. The summed E-state index contributed by atoms with van der Waals surface area (Å²) in [5.74, 6) is 0. The number of benzene rings is 1. The summed E-state index contributed by atoms with van der Waals surface area (Å²) in [7, 11) is 0. The molecule has 3 rings (SSSR count). The molecule has 1 unspecified atom stereocenters. The average molecular weight is 275 g/mol. The van der Waals surface area contributed by atoms with Crippen molar-refractivity contribution in [2.45, 2.75) is 52.0 Å². The third kappa shape index (κ3) is 2.96. The average Bonchev–Trinajstić information content (AvgIpc) is 3.03. The van der Waals surface area contributed by atoms with E-state index in [0.717, 1.165) is 13.0 Å². The van der Waals surface area contributed by atoms with Crippen LogP contribution in [0.1, 0.15) is 37.5 Å². The Morgan fingerprint density at radius 1 is 1.40 bits per heavy atom. The first kappa shape index (κ1) is 13.4. The van der Waals surface area contributed by atoms with Crippen molar-refractivity contribution in [1.29, 1.82) is 0 Å². The summed E-state index contributed by atoms with van der Waals surface area (Å²) in [6.07, 6.45) is 1.09. The van der Waals surface area contributed by atoms with Crippen molar-refractivity contribution in [2.24, 2.45) is 0 Å². The molecule has 1 fully saturated rings. The number of amides is 1. The predicted molar refractivity (Wildman–Crippen MR) is 75.4 cm³/mol. The van der Waals surface area contributed by atoms with Crippen LogP contribution in [0.2, 0.25) is 0 Å². The fourth-order valence-electron chi connectivity index (χ4n) is 2.57. The molecule has 1 saturated heterocycles. The minimum absolute atomic E-state index is 0.234. The Morgan fingerprint density at radius 2 is 2.15 bits per heavy atom. The molecule has 0 bridgehead atoms. The van der Waals surface area contributed by atoms with Gasteiger partial charge in [-0.2, -0.15) is 0 Å². The van der Waals surface area contributed by atoms with E-state index in [9.17, 15) is 4.79 Å². The number of hydrogen-bond donors (Lipinski definition) is 0. The lowest BCUT2D eigenvalue weighted by molar-refractivity contribution is 0.0241. The summed E-state index contributed by atoms with van der Waals surface area (Å²) in [4.78, 5) is 13.9. The van der Waals surface area contributed by atoms with Crippen molar-refractivity contribution in [3.8, 4) is 0 Å². The largest absolute Gasteiger partial charge is 0.444 e. The summed E-state index contributed by atoms with van der Waals surface area (Å²) in [6.45, 7) is 7.83. The summed E-state index contributed by atoms with van der Waals surface area (Å²) in [6, 6.07) is 6.30. The highest BCUT2D eigenvalue weighted by Gasteiger charge is 2.31. The van der Waals surface area contributed by atoms with Crippen LogP contribution < -0.4 is 0 Å². The van der Waals surface area contributed by atoms with E-state index in [1.807, 2.05) is 20.8 Å². The van der Waals surface area contributed by atoms with Crippen LogP contribution in [0, 0.1) is 0 Å². The van der Waals surface area contributed by atoms with E-state index in [4.69, 9.17) is 9.47 Å². The fourth-order valence-corrected chi connectivity index (χ4v) is 2.57. The van der Waals surface area contributed by atoms with Crippen molar-refractivity contribution in [3.05, 3.63) is 34.9 Å². The summed E-state index contributed by atoms with van der Waals surface area (Å²) in [5.41, 5.74) is 3.36. The van der Waals surface area contributed by atoms with Crippen LogP contribution in [0.4, 0.5) is 4.79 Å². The van der Waals surface area contributed by atoms with Gasteiger partial charge in [0.25, 0.3) is 0 Å². The van der Waals surface area contributed by atoms with E-state index >= 15 is 0 Å². The molecule has 1 aromatic carbocycles. The molecule has 0 N–H and O–H groups in total. The Labute approximate surface area is 119 Å². The minimum atomic E-state index is -0.448. The molecule has 1 atom stereocenters. The molecule has 0 aliphatic carbocycles. The molecule has 0 spiro atoms. The molecule has 108 valence electrons. The Hall–Kier alpha value is -1.55. The van der Waals surface area contributed by atoms with Crippen molar-refractivity contribution in [3.63, 3.8) is 0 Å². The Kier molecular flexibility index (Phi) is 3.21. The molecule has 2 heterocycles. The second-order valence-corrected chi connectivity index (χ2v) is 6.55. The maximum absolute atomic E-state index is 12.2. The first-order valence-electron chi connectivity index (χ1n) is 7.11. The SMILES string of the molecule is CC(C)(C)OC(=O)N1Cc2cccc(CC3CO3)c2C1. The zero-order chi connectivity index (χ0) is 14.3. The second-order valence-electron chi connectivity index (χ2n) is 6.55. The lowest BCUT2D eigenvalue weighted by Crippen LogP contribution is -2.33. The maximum Gasteiger partial charge on any atom is 0.410 e. The van der Waals surface area contributed by atoms with Crippen molar-refractivity contribution >= 4 is 6.09 Å². The Morgan fingerprint density at radius 3 is 2.80 bits per heavy atom. The molecule has 2 aliphatic rings. The van der Waals surface area contributed by atoms with Crippen LogP contribution in [-0.4, -0.2) is 29.3 Å². The molecular weight excluding hydrogens is 254 g/mol. The van der Waals surface area contributed by atoms with Gasteiger partial charge in [0.15, 0.2) is 0 Å². The lowest BCUT2D eigenvalue weighted by Gasteiger charge is -2.24. The van der Waals surface area contributed by atoms with E-state index in [1.165, 1.54) is 16.7 Å². The van der Waals surface area contributed by atoms with E-state index in [0.29, 0.717) is 19.2 Å². The summed E-state index contributed by atoms with van der Waals surface area (Å²) in [5, 5.41) is 0. The van der Waals surface area contributed by atoms with Crippen molar-refractivity contribution in [2.75, 3.05) is 6.61 Å². The second kappa shape index (κ2) is 4.77. The quantitative estimate of drug-likeness (QED) is 0.779. The van der Waals surface area contributed by atoms with Gasteiger partial charge in [0.05, 0.1) is 12.7 Å². The first-order valence-corrected chi connectivity index (χ1v) is 7.11. The fraction of sp³-hybridized carbons (Fsp3) is 0.562. The molecule has 0 aromatic heterocycles. The van der Waals surface area contributed by atoms with Crippen LogP contribution in [0.5, 0.6) is 0 Å². The monoisotopic (exact) mass is 275 g/mol. The number of fused-ring (bicyclic) bond motifs is 1. The number of carbonyl (C=O) groups is 1. The number of hydrogen-bond acceptors (Lipinski definition) is 3. The van der Waals surface area contributed by atoms with Crippen LogP contribution in [0.25, 0.3) is 0 Å². The Balaban J connectivity index is 1.73. The van der Waals surface area contributed by atoms with Crippen molar-refractivity contribution in [1.82, 2.24) is 4.90 Å².